The van der Waals surface area contributed by atoms with Gasteiger partial charge in [-0.05, 0) is 133 Å². The molecule has 4 N–H and O–H groups in total. The van der Waals surface area contributed by atoms with E-state index < -0.39 is 7.14 Å². The Morgan fingerprint density at radius 3 is 0.966 bits per heavy atom. The lowest BCUT2D eigenvalue weighted by Gasteiger charge is -2.16. The van der Waals surface area contributed by atoms with E-state index in [9.17, 15) is 4.57 Å². The summed E-state index contributed by atoms with van der Waals surface area (Å²) in [6, 6.07) is 36.7. The Bertz CT molecular complexity index is 5020. The Kier molecular flexibility index (Phi) is 46.6. The lowest BCUT2D eigenvalue weighted by atomic mass is 10.2. The van der Waals surface area contributed by atoms with Gasteiger partial charge in [0.25, 0.3) is 0 Å². The lowest BCUT2D eigenvalue weighted by Crippen LogP contribution is -2.08. The summed E-state index contributed by atoms with van der Waals surface area (Å²) >= 11 is 28.9. The number of nitrogens with one attached hydrogen (secondary N) is 2. The molecule has 0 aliphatic heterocycles. The standard InChI is InChI=1S/C23H26N3O4P.C21H20ClN3O3.C14H17ClN2O4.C13H14Cl2N2O3.C8H7N.C3H9P.C2H6ClP.H2/c1-5-17-7-6-8-18(13-17)26-23-19-14-21(30-11-12-31(3,4)27)22(29-10-9-28-2)15-20(19)24-16-25-23;1-3-15-5-4-6-16(11-15)25-21-17-12-19(27-8-7-22)20(28-10-9-26-2)13-18(17)23-14-24-21;1-18-3-5-20-12-7-10-11(16-9-17-14(10)15)8-13(12)21-6-4-19-2;1-18-4-5-20-12-7-10-9(13(15)17-8-16-10)6-11(12)19-3-2-14;1-2-7-4-3-5-8(9)6-7;2*1-4(2)3;/h1,6-8,13-16H,9-12H2,2-4H3,(H,24,25,26);1,4-6,11-14H,7-10H2,2H3,(H,23,24,25);7-9H,3-6H2,1-2H3;6-8H,2-5H2,1H3;1,3-6H,9H2;1-3H3;1-2H3;1H/i;;;;;;;1+1. The zero-order valence-corrected chi connectivity index (χ0v) is 74.0. The van der Waals surface area contributed by atoms with Gasteiger partial charge in [0.2, 0.25) is 0 Å². The molecule has 0 aliphatic rings. The molecule has 0 fully saturated rings. The largest absolute Gasteiger partial charge is 0.489 e. The van der Waals surface area contributed by atoms with Gasteiger partial charge in [-0.2, -0.15) is 0 Å². The SMILES string of the molecule is C#Cc1cccc(N)c1.C#Cc1cccc(Nc2ncnc3cc(OCCOC)c(OCCCl)cc23)c1.C#Cc1cccc(Nc2ncnc3cc(OCCOC)c(OCCP(C)(C)=O)cc23)c1.COCCOc1cc2ncnc(Cl)c2cc1OCCCl.COCCOc1cc2ncnc(Cl)c2cc1OCCOC.CP(C)C.CP(C)Cl.[2HH]. The van der Waals surface area contributed by atoms with Crippen LogP contribution in [0.3, 0.4) is 0 Å². The van der Waals surface area contributed by atoms with E-state index in [1.54, 1.807) is 85.3 Å². The molecular weight excluding hydrogens is 1660 g/mol. The average molecular weight is 1760 g/mol. The van der Waals surface area contributed by atoms with Gasteiger partial charge in [0.05, 0.1) is 80.6 Å². The van der Waals surface area contributed by atoms with Gasteiger partial charge in [0, 0.05) is 123 Å². The molecule has 0 unspecified atom stereocenters. The predicted molar refractivity (Wildman–Crippen MR) is 483 cm³/mol. The molecule has 25 nitrogen and oxygen atoms in total. The van der Waals surface area contributed by atoms with Crippen molar-refractivity contribution in [1.29, 1.82) is 0 Å². The molecular formula is C84H101Cl5N11O14P3. The first-order valence-corrected chi connectivity index (χ1v) is 46.4. The monoisotopic (exact) mass is 1760 g/mol. The second-order valence-electron chi connectivity index (χ2n) is 25.1. The van der Waals surface area contributed by atoms with Crippen LogP contribution in [0.1, 0.15) is 18.1 Å². The number of nitrogen functional groups attached to an aromatic ring is 1. The van der Waals surface area contributed by atoms with Crippen LogP contribution in [0.2, 0.25) is 10.3 Å². The Morgan fingerprint density at radius 2 is 0.675 bits per heavy atom. The average Bonchev–Trinajstić information content (AvgIpc) is 0.811. The first-order chi connectivity index (χ1) is 56.4. The molecule has 0 amide bonds. The van der Waals surface area contributed by atoms with Crippen LogP contribution in [-0.2, 0) is 28.2 Å². The quantitative estimate of drug-likeness (QED) is 0.00843. The molecule has 33 heteroatoms. The molecule has 0 spiro atoms. The van der Waals surface area contributed by atoms with Crippen molar-refractivity contribution in [2.45, 2.75) is 0 Å². The maximum absolute atomic E-state index is 12.1. The van der Waals surface area contributed by atoms with E-state index in [-0.39, 0.29) is 8.70 Å². The van der Waals surface area contributed by atoms with Gasteiger partial charge in [-0.1, -0.05) is 70.4 Å². The maximum Gasteiger partial charge on any atom is 0.163 e. The van der Waals surface area contributed by atoms with E-state index in [4.69, 9.17) is 144 Å². The van der Waals surface area contributed by atoms with Crippen molar-refractivity contribution >= 4 is 152 Å². The summed E-state index contributed by atoms with van der Waals surface area (Å²) in [7, 11) is 6.12. The molecule has 626 valence electrons. The van der Waals surface area contributed by atoms with Crippen LogP contribution in [0.4, 0.5) is 28.7 Å². The smallest absolute Gasteiger partial charge is 0.163 e. The zero-order valence-electron chi connectivity index (χ0n) is 67.5. The van der Waals surface area contributed by atoms with Gasteiger partial charge in [0.1, 0.15) is 93.5 Å². The first-order valence-electron chi connectivity index (χ1n) is 36.0. The molecule has 117 heavy (non-hydrogen) atoms. The summed E-state index contributed by atoms with van der Waals surface area (Å²) < 4.78 is 82.9. The molecule has 0 saturated carbocycles. The molecule has 0 atom stereocenters. The molecule has 0 saturated heterocycles. The Hall–Kier alpha value is -9.28. The molecule has 11 rings (SSSR count). The third kappa shape index (κ3) is 36.6. The Morgan fingerprint density at radius 1 is 0.402 bits per heavy atom. The van der Waals surface area contributed by atoms with Crippen LogP contribution < -0.4 is 54.3 Å². The number of hydrogen-bond acceptors (Lipinski definition) is 25. The summed E-state index contributed by atoms with van der Waals surface area (Å²) in [5, 5.41) is 10.3. The van der Waals surface area contributed by atoms with E-state index in [1.165, 1.54) is 25.3 Å². The number of fused-ring (bicyclic) bond motifs is 4. The van der Waals surface area contributed by atoms with E-state index in [0.717, 1.165) is 44.4 Å². The third-order valence-electron chi connectivity index (χ3n) is 14.6. The lowest BCUT2D eigenvalue weighted by molar-refractivity contribution is 0.132. The van der Waals surface area contributed by atoms with E-state index >= 15 is 0 Å². The van der Waals surface area contributed by atoms with Gasteiger partial charge in [-0.15, -0.1) is 50.4 Å². The Balaban J connectivity index is 0.000000312. The molecule has 7 aromatic carbocycles. The topological polar surface area (TPSA) is 290 Å². The van der Waals surface area contributed by atoms with Gasteiger partial charge in [-0.25, -0.2) is 39.9 Å². The second kappa shape index (κ2) is 55.4. The summed E-state index contributed by atoms with van der Waals surface area (Å²) in [6.07, 6.45) is 22.4. The van der Waals surface area contributed by atoms with Gasteiger partial charge >= 0.3 is 0 Å². The van der Waals surface area contributed by atoms with Gasteiger partial charge < -0.3 is 82.5 Å². The van der Waals surface area contributed by atoms with E-state index in [1.807, 2.05) is 98.3 Å². The van der Waals surface area contributed by atoms with Crippen LogP contribution >= 0.6 is 80.0 Å². The van der Waals surface area contributed by atoms with Crippen LogP contribution in [0.5, 0.6) is 46.0 Å². The number of terminal acetylenes is 3. The van der Waals surface area contributed by atoms with E-state index in [2.05, 4.69) is 88.3 Å². The summed E-state index contributed by atoms with van der Waals surface area (Å²) in [6.45, 7) is 19.6. The number of aromatic nitrogens is 8. The van der Waals surface area contributed by atoms with Gasteiger partial charge in [-0.3, -0.25) is 0 Å². The fourth-order valence-corrected chi connectivity index (χ4v) is 10.5. The number of benzene rings is 7. The zero-order chi connectivity index (χ0) is 85.3. The molecule has 0 bridgehead atoms. The minimum atomic E-state index is -2.19. The Labute approximate surface area is 714 Å². The van der Waals surface area contributed by atoms with Gasteiger partial charge in [0.15, 0.2) is 46.0 Å². The van der Waals surface area contributed by atoms with Crippen molar-refractivity contribution in [3.8, 4) is 83.0 Å². The summed E-state index contributed by atoms with van der Waals surface area (Å²) in [4.78, 5) is 33.7. The van der Waals surface area contributed by atoms with Crippen LogP contribution in [0.25, 0.3) is 43.6 Å². The number of nitrogens with zero attached hydrogens (tertiary/aromatic N) is 8. The second-order valence-corrected chi connectivity index (χ2v) is 36.4. The molecule has 4 heterocycles. The van der Waals surface area contributed by atoms with Crippen molar-refractivity contribution < 1.29 is 67.6 Å². The molecule has 0 radical (unpaired) electrons. The van der Waals surface area contributed by atoms with E-state index in [0.29, 0.717) is 213 Å². The predicted octanol–water partition coefficient (Wildman–Crippen LogP) is 18.4. The number of rotatable bonds is 34. The summed E-state index contributed by atoms with van der Waals surface area (Å²) in [5.41, 5.74) is 13.0. The number of nitrogens with two attached hydrogens (primary N) is 1. The van der Waals surface area contributed by atoms with Crippen LogP contribution in [-0.4, -0.2) is 226 Å². The van der Waals surface area contributed by atoms with Crippen molar-refractivity contribution in [3.63, 3.8) is 0 Å². The highest BCUT2D eigenvalue weighted by atomic mass is 35.7. The molecule has 4 aromatic heterocycles. The molecule has 0 aliphatic carbocycles. The van der Waals surface area contributed by atoms with Crippen molar-refractivity contribution in [3.05, 3.63) is 174 Å². The number of ether oxygens (including phenoxy) is 13. The highest BCUT2D eigenvalue weighted by Crippen LogP contribution is 2.41. The minimum absolute atomic E-state index is 0. The van der Waals surface area contributed by atoms with Crippen LogP contribution in [0, 0.1) is 37.0 Å². The minimum Gasteiger partial charge on any atom is -0.489 e. The van der Waals surface area contributed by atoms with Crippen molar-refractivity contribution in [2.75, 3.05) is 202 Å². The van der Waals surface area contributed by atoms with Crippen molar-refractivity contribution in [1.82, 2.24) is 39.9 Å². The first kappa shape index (κ1) is 98.3. The highest BCUT2D eigenvalue weighted by molar-refractivity contribution is 7.82. The fourth-order valence-electron chi connectivity index (χ4n) is 9.42. The molecule has 11 aromatic rings. The third-order valence-corrected chi connectivity index (χ3v) is 16.8. The number of methoxy groups -OCH3 is 5. The number of hydrogen-bond donors (Lipinski definition) is 3. The summed E-state index contributed by atoms with van der Waals surface area (Å²) in [5.74, 6) is 14.3. The maximum atomic E-state index is 12.1. The van der Waals surface area contributed by atoms with Crippen molar-refractivity contribution in [2.24, 2.45) is 0 Å². The highest BCUT2D eigenvalue weighted by Gasteiger charge is 2.18. The number of alkyl halides is 2. The fraction of sp³-hybridized carbons (Fsp3) is 0.333. The normalized spacial score (nSPS) is 10.5. The number of anilines is 5. The number of halogens is 5. The van der Waals surface area contributed by atoms with Crippen LogP contribution in [0.15, 0.2) is 147 Å².